The fraction of sp³-hybridized carbons (Fsp3) is 0.769. The van der Waals surface area contributed by atoms with Gasteiger partial charge in [-0.05, 0) is 25.8 Å². The third-order valence-electron chi connectivity index (χ3n) is 2.73. The summed E-state index contributed by atoms with van der Waals surface area (Å²) in [5.74, 6) is -2.19. The molecule has 1 atom stereocenters. The minimum absolute atomic E-state index is 0.286. The summed E-state index contributed by atoms with van der Waals surface area (Å²) in [4.78, 5) is 34.7. The largest absolute Gasteiger partial charge is 0.480 e. The number of aliphatic carboxylic acids is 1. The fourth-order valence-corrected chi connectivity index (χ4v) is 1.88. The zero-order chi connectivity index (χ0) is 15.0. The van der Waals surface area contributed by atoms with Crippen LogP contribution in [0.3, 0.4) is 0 Å². The molecule has 0 bridgehead atoms. The standard InChI is InChI=1S/C13H24N2O4/c1-9(2)14-8-6-5-7-12(13(18)19)15(10(3)16)11(4)17/h9,12,14H,5-8H2,1-4H3,(H,18,19). The van der Waals surface area contributed by atoms with Crippen LogP contribution >= 0.6 is 0 Å². The van der Waals surface area contributed by atoms with Crippen LogP contribution in [0.5, 0.6) is 0 Å². The van der Waals surface area contributed by atoms with E-state index in [1.54, 1.807) is 0 Å². The minimum atomic E-state index is -1.14. The Labute approximate surface area is 114 Å². The second-order valence-electron chi connectivity index (χ2n) is 4.87. The van der Waals surface area contributed by atoms with Crippen molar-refractivity contribution < 1.29 is 19.5 Å². The average Bonchev–Trinajstić information content (AvgIpc) is 2.24. The van der Waals surface area contributed by atoms with Crippen molar-refractivity contribution in [2.24, 2.45) is 0 Å². The lowest BCUT2D eigenvalue weighted by Crippen LogP contribution is -2.46. The summed E-state index contributed by atoms with van der Waals surface area (Å²) in [6.45, 7) is 7.28. The molecule has 0 aromatic carbocycles. The summed E-state index contributed by atoms with van der Waals surface area (Å²) in [6.07, 6.45) is 1.74. The molecule has 110 valence electrons. The number of amides is 2. The molecule has 0 aromatic heterocycles. The number of carboxylic acids is 1. The van der Waals surface area contributed by atoms with Crippen LogP contribution in [0.4, 0.5) is 0 Å². The molecule has 0 saturated heterocycles. The van der Waals surface area contributed by atoms with E-state index in [1.165, 1.54) is 13.8 Å². The van der Waals surface area contributed by atoms with Crippen LogP contribution in [-0.2, 0) is 14.4 Å². The lowest BCUT2D eigenvalue weighted by atomic mass is 10.1. The number of carbonyl (C=O) groups is 3. The van der Waals surface area contributed by atoms with Crippen molar-refractivity contribution in [1.29, 1.82) is 0 Å². The summed E-state index contributed by atoms with van der Waals surface area (Å²) >= 11 is 0. The molecule has 1 unspecified atom stereocenters. The Hall–Kier alpha value is -1.43. The van der Waals surface area contributed by atoms with Crippen LogP contribution in [0, 0.1) is 0 Å². The Morgan fingerprint density at radius 1 is 1.11 bits per heavy atom. The molecule has 19 heavy (non-hydrogen) atoms. The summed E-state index contributed by atoms with van der Waals surface area (Å²) in [5, 5.41) is 12.4. The second kappa shape index (κ2) is 8.63. The zero-order valence-electron chi connectivity index (χ0n) is 12.1. The molecule has 0 saturated carbocycles. The first-order valence-corrected chi connectivity index (χ1v) is 6.54. The molecular weight excluding hydrogens is 248 g/mol. The summed E-state index contributed by atoms with van der Waals surface area (Å²) in [5.41, 5.74) is 0. The molecule has 0 rings (SSSR count). The van der Waals surface area contributed by atoms with E-state index >= 15 is 0 Å². The van der Waals surface area contributed by atoms with E-state index in [1.807, 2.05) is 13.8 Å². The predicted octanol–water partition coefficient (Wildman–Crippen LogP) is 1.00. The minimum Gasteiger partial charge on any atom is -0.480 e. The van der Waals surface area contributed by atoms with Gasteiger partial charge in [-0.25, -0.2) is 4.79 Å². The number of rotatable bonds is 8. The second-order valence-corrected chi connectivity index (χ2v) is 4.87. The number of hydrogen-bond acceptors (Lipinski definition) is 4. The van der Waals surface area contributed by atoms with E-state index in [-0.39, 0.29) is 6.42 Å². The van der Waals surface area contributed by atoms with Gasteiger partial charge in [0.1, 0.15) is 6.04 Å². The Kier molecular flexibility index (Phi) is 7.98. The van der Waals surface area contributed by atoms with E-state index < -0.39 is 23.8 Å². The normalized spacial score (nSPS) is 12.3. The topological polar surface area (TPSA) is 86.7 Å². The van der Waals surface area contributed by atoms with Crippen LogP contribution in [-0.4, -0.2) is 46.4 Å². The summed E-state index contributed by atoms with van der Waals surface area (Å²) in [7, 11) is 0. The van der Waals surface area contributed by atoms with E-state index in [9.17, 15) is 14.4 Å². The molecule has 0 aliphatic rings. The lowest BCUT2D eigenvalue weighted by molar-refractivity contribution is -0.156. The van der Waals surface area contributed by atoms with Gasteiger partial charge in [0.05, 0.1) is 0 Å². The van der Waals surface area contributed by atoms with Crippen molar-refractivity contribution in [2.45, 2.75) is 59.0 Å². The van der Waals surface area contributed by atoms with Gasteiger partial charge >= 0.3 is 5.97 Å². The number of imide groups is 1. The SMILES string of the molecule is CC(=O)N(C(C)=O)C(CCCCNC(C)C)C(=O)O. The van der Waals surface area contributed by atoms with Crippen LogP contribution in [0.1, 0.15) is 47.0 Å². The molecule has 2 amide bonds. The van der Waals surface area contributed by atoms with Crippen LogP contribution in [0.15, 0.2) is 0 Å². The van der Waals surface area contributed by atoms with Gasteiger partial charge in [-0.2, -0.15) is 0 Å². The van der Waals surface area contributed by atoms with Gasteiger partial charge in [-0.3, -0.25) is 14.5 Å². The predicted molar refractivity (Wildman–Crippen MR) is 71.6 cm³/mol. The first kappa shape index (κ1) is 17.6. The lowest BCUT2D eigenvalue weighted by Gasteiger charge is -2.24. The molecular formula is C13H24N2O4. The van der Waals surface area contributed by atoms with E-state index in [0.717, 1.165) is 17.9 Å². The first-order valence-electron chi connectivity index (χ1n) is 6.54. The Morgan fingerprint density at radius 3 is 2.00 bits per heavy atom. The number of nitrogens with zero attached hydrogens (tertiary/aromatic N) is 1. The Balaban J connectivity index is 4.37. The van der Waals surface area contributed by atoms with E-state index in [4.69, 9.17) is 5.11 Å². The van der Waals surface area contributed by atoms with Gasteiger partial charge in [-0.1, -0.05) is 13.8 Å². The maximum atomic E-state index is 11.3. The van der Waals surface area contributed by atoms with Gasteiger partial charge in [0.2, 0.25) is 11.8 Å². The number of carbonyl (C=O) groups excluding carboxylic acids is 2. The first-order chi connectivity index (χ1) is 8.77. The Bertz CT molecular complexity index is 315. The maximum absolute atomic E-state index is 11.3. The molecule has 2 N–H and O–H groups in total. The summed E-state index contributed by atoms with van der Waals surface area (Å²) in [6, 6.07) is -0.671. The average molecular weight is 272 g/mol. The maximum Gasteiger partial charge on any atom is 0.326 e. The van der Waals surface area contributed by atoms with Crippen molar-refractivity contribution in [1.82, 2.24) is 10.2 Å². The van der Waals surface area contributed by atoms with Crippen molar-refractivity contribution in [3.63, 3.8) is 0 Å². The quantitative estimate of drug-likeness (QED) is 0.644. The molecule has 6 nitrogen and oxygen atoms in total. The number of nitrogens with one attached hydrogen (secondary N) is 1. The molecule has 0 aliphatic carbocycles. The van der Waals surface area contributed by atoms with Crippen LogP contribution < -0.4 is 5.32 Å². The van der Waals surface area contributed by atoms with Crippen LogP contribution in [0.2, 0.25) is 0 Å². The molecule has 0 fully saturated rings. The third-order valence-corrected chi connectivity index (χ3v) is 2.73. The molecule has 0 spiro atoms. The van der Waals surface area contributed by atoms with Crippen molar-refractivity contribution >= 4 is 17.8 Å². The van der Waals surface area contributed by atoms with Crippen molar-refractivity contribution in [3.8, 4) is 0 Å². The highest BCUT2D eigenvalue weighted by Gasteiger charge is 2.30. The molecule has 6 heteroatoms. The number of unbranched alkanes of at least 4 members (excludes halogenated alkanes) is 1. The van der Waals surface area contributed by atoms with Crippen molar-refractivity contribution in [2.75, 3.05) is 6.54 Å². The van der Waals surface area contributed by atoms with Gasteiger partial charge in [-0.15, -0.1) is 0 Å². The molecule has 0 heterocycles. The van der Waals surface area contributed by atoms with Gasteiger partial charge in [0.25, 0.3) is 0 Å². The third kappa shape index (κ3) is 6.91. The summed E-state index contributed by atoms with van der Waals surface area (Å²) < 4.78 is 0. The molecule has 0 radical (unpaired) electrons. The highest BCUT2D eigenvalue weighted by molar-refractivity contribution is 5.97. The number of hydrogen-bond donors (Lipinski definition) is 2. The van der Waals surface area contributed by atoms with E-state index in [2.05, 4.69) is 5.32 Å². The van der Waals surface area contributed by atoms with Crippen LogP contribution in [0.25, 0.3) is 0 Å². The molecule has 0 aliphatic heterocycles. The highest BCUT2D eigenvalue weighted by atomic mass is 16.4. The van der Waals surface area contributed by atoms with Crippen molar-refractivity contribution in [3.05, 3.63) is 0 Å². The monoisotopic (exact) mass is 272 g/mol. The smallest absolute Gasteiger partial charge is 0.326 e. The van der Waals surface area contributed by atoms with E-state index in [0.29, 0.717) is 12.5 Å². The fourth-order valence-electron chi connectivity index (χ4n) is 1.88. The van der Waals surface area contributed by atoms with Gasteiger partial charge < -0.3 is 10.4 Å². The highest BCUT2D eigenvalue weighted by Crippen LogP contribution is 2.10. The van der Waals surface area contributed by atoms with Gasteiger partial charge in [0, 0.05) is 19.9 Å². The van der Waals surface area contributed by atoms with Gasteiger partial charge in [0.15, 0.2) is 0 Å². The zero-order valence-corrected chi connectivity index (χ0v) is 12.1. The Morgan fingerprint density at radius 2 is 1.63 bits per heavy atom. The number of carboxylic acid groups (broad SMARTS) is 1. The molecule has 0 aromatic rings.